The molecule has 2 aromatic rings. The first-order valence-electron chi connectivity index (χ1n) is 11.2. The molecular formula is C24H30ClN5O3. The molecule has 4 rings (SSSR count). The fourth-order valence-electron chi connectivity index (χ4n) is 4.11. The van der Waals surface area contributed by atoms with Crippen LogP contribution in [0.1, 0.15) is 26.2 Å². The number of hydrogen-bond acceptors (Lipinski definition) is 8. The molecule has 3 unspecified atom stereocenters. The van der Waals surface area contributed by atoms with Crippen LogP contribution in [0, 0.1) is 0 Å². The van der Waals surface area contributed by atoms with E-state index in [0.717, 1.165) is 34.3 Å². The van der Waals surface area contributed by atoms with E-state index in [4.69, 9.17) is 21.2 Å². The Balaban J connectivity index is 1.75. The van der Waals surface area contributed by atoms with Crippen molar-refractivity contribution in [3.63, 3.8) is 0 Å². The number of fused-ring (bicyclic) bond motifs is 2. The van der Waals surface area contributed by atoms with Crippen LogP contribution < -0.4 is 20.4 Å². The van der Waals surface area contributed by atoms with Crippen LogP contribution in [0.15, 0.2) is 59.7 Å². The van der Waals surface area contributed by atoms with Crippen molar-refractivity contribution < 1.29 is 14.7 Å². The zero-order valence-corrected chi connectivity index (χ0v) is 19.6. The van der Waals surface area contributed by atoms with Gasteiger partial charge in [-0.2, -0.15) is 0 Å². The second-order valence-corrected chi connectivity index (χ2v) is 8.64. The SMILES string of the molecule is CON1c2ncnc3ccc(cc23)O/C=C\CC(C(C)O)NCCN/C=C2/C=C(Cl)CCC21. The summed E-state index contributed by atoms with van der Waals surface area (Å²) in [6, 6.07) is 5.53. The Morgan fingerprint density at radius 3 is 3.00 bits per heavy atom. The Morgan fingerprint density at radius 1 is 1.30 bits per heavy atom. The van der Waals surface area contributed by atoms with Gasteiger partial charge in [-0.25, -0.2) is 15.0 Å². The number of nitrogens with one attached hydrogen (secondary N) is 2. The Hall–Kier alpha value is -2.65. The summed E-state index contributed by atoms with van der Waals surface area (Å²) in [7, 11) is 1.64. The average Bonchev–Trinajstić information content (AvgIpc) is 2.81. The van der Waals surface area contributed by atoms with Crippen molar-refractivity contribution in [3.05, 3.63) is 59.7 Å². The van der Waals surface area contributed by atoms with Gasteiger partial charge in [0.15, 0.2) is 5.82 Å². The number of aromatic nitrogens is 2. The minimum atomic E-state index is -0.491. The number of allylic oxidation sites excluding steroid dienone is 1. The number of hydroxylamine groups is 1. The molecule has 0 saturated carbocycles. The molecule has 3 N–H and O–H groups in total. The van der Waals surface area contributed by atoms with E-state index >= 15 is 0 Å². The van der Waals surface area contributed by atoms with Crippen LogP contribution in [0.5, 0.6) is 5.75 Å². The van der Waals surface area contributed by atoms with Gasteiger partial charge in [-0.3, -0.25) is 4.84 Å². The Kier molecular flexibility index (Phi) is 7.82. The van der Waals surface area contributed by atoms with E-state index in [1.807, 2.05) is 41.6 Å². The van der Waals surface area contributed by atoms with Crippen LogP contribution in [0.25, 0.3) is 10.9 Å². The van der Waals surface area contributed by atoms with Gasteiger partial charge < -0.3 is 20.5 Å². The van der Waals surface area contributed by atoms with Gasteiger partial charge in [-0.1, -0.05) is 11.6 Å². The van der Waals surface area contributed by atoms with Crippen LogP contribution in [-0.2, 0) is 4.84 Å². The van der Waals surface area contributed by atoms with Gasteiger partial charge in [-0.15, -0.1) is 0 Å². The van der Waals surface area contributed by atoms with E-state index in [9.17, 15) is 5.11 Å². The van der Waals surface area contributed by atoms with Crippen LogP contribution in [-0.4, -0.2) is 53.5 Å². The number of nitrogens with zero attached hydrogens (tertiary/aromatic N) is 3. The third kappa shape index (κ3) is 5.65. The third-order valence-corrected chi connectivity index (χ3v) is 6.15. The summed E-state index contributed by atoms with van der Waals surface area (Å²) < 4.78 is 5.85. The van der Waals surface area contributed by atoms with E-state index in [1.54, 1.807) is 26.6 Å². The molecule has 33 heavy (non-hydrogen) atoms. The van der Waals surface area contributed by atoms with Crippen molar-refractivity contribution in [2.24, 2.45) is 0 Å². The number of benzene rings is 1. The highest BCUT2D eigenvalue weighted by molar-refractivity contribution is 6.29. The minimum Gasteiger partial charge on any atom is -0.465 e. The molecule has 1 aromatic carbocycles. The van der Waals surface area contributed by atoms with Crippen molar-refractivity contribution >= 4 is 28.3 Å². The number of aliphatic hydroxyl groups excluding tert-OH is 1. The molecular weight excluding hydrogens is 442 g/mol. The lowest BCUT2D eigenvalue weighted by Gasteiger charge is -2.34. The summed E-state index contributed by atoms with van der Waals surface area (Å²) in [6.45, 7) is 3.17. The average molecular weight is 472 g/mol. The maximum Gasteiger partial charge on any atom is 0.164 e. The van der Waals surface area contributed by atoms with Crippen LogP contribution in [0.4, 0.5) is 5.82 Å². The Labute approximate surface area is 198 Å². The van der Waals surface area contributed by atoms with Crippen LogP contribution in [0.2, 0.25) is 0 Å². The molecule has 9 heteroatoms. The largest absolute Gasteiger partial charge is 0.465 e. The van der Waals surface area contributed by atoms with Crippen LogP contribution in [0.3, 0.4) is 0 Å². The highest BCUT2D eigenvalue weighted by Gasteiger charge is 2.28. The molecule has 176 valence electrons. The molecule has 2 aliphatic rings. The molecule has 0 amide bonds. The lowest BCUT2D eigenvalue weighted by molar-refractivity contribution is 0.143. The van der Waals surface area contributed by atoms with Crippen molar-refractivity contribution in [1.82, 2.24) is 20.6 Å². The molecule has 0 fully saturated rings. The second-order valence-electron chi connectivity index (χ2n) is 8.16. The van der Waals surface area contributed by atoms with E-state index < -0.39 is 6.10 Å². The van der Waals surface area contributed by atoms with Gasteiger partial charge in [-0.05, 0) is 62.1 Å². The lowest BCUT2D eigenvalue weighted by atomic mass is 9.96. The number of hydrogen-bond donors (Lipinski definition) is 3. The smallest absolute Gasteiger partial charge is 0.164 e. The molecule has 3 atom stereocenters. The number of aliphatic hydroxyl groups is 1. The van der Waals surface area contributed by atoms with Gasteiger partial charge >= 0.3 is 0 Å². The fraction of sp³-hybridized carbons (Fsp3) is 0.417. The molecule has 2 heterocycles. The zero-order valence-electron chi connectivity index (χ0n) is 18.9. The first-order chi connectivity index (χ1) is 16.1. The summed E-state index contributed by atoms with van der Waals surface area (Å²) in [5.74, 6) is 1.33. The van der Waals surface area contributed by atoms with Gasteiger partial charge in [0.2, 0.25) is 0 Å². The van der Waals surface area contributed by atoms with Crippen LogP contribution >= 0.6 is 11.6 Å². The monoisotopic (exact) mass is 471 g/mol. The number of halogens is 1. The number of anilines is 1. The van der Waals surface area contributed by atoms with Gasteiger partial charge in [0.1, 0.15) is 12.1 Å². The summed E-state index contributed by atoms with van der Waals surface area (Å²) >= 11 is 6.39. The molecule has 8 nitrogen and oxygen atoms in total. The quantitative estimate of drug-likeness (QED) is 0.614. The number of rotatable bonds is 2. The summed E-state index contributed by atoms with van der Waals surface area (Å²) in [6.07, 6.45) is 10.7. The highest BCUT2D eigenvalue weighted by Crippen LogP contribution is 2.34. The molecule has 0 spiro atoms. The van der Waals surface area contributed by atoms with Gasteiger partial charge in [0.05, 0.1) is 31.0 Å². The van der Waals surface area contributed by atoms with Crippen molar-refractivity contribution in [1.29, 1.82) is 0 Å². The van der Waals surface area contributed by atoms with E-state index in [0.29, 0.717) is 31.1 Å². The molecule has 0 radical (unpaired) electrons. The summed E-state index contributed by atoms with van der Waals surface area (Å²) in [5.41, 5.74) is 1.80. The maximum absolute atomic E-state index is 10.1. The molecule has 1 aliphatic heterocycles. The minimum absolute atomic E-state index is 0.0765. The lowest BCUT2D eigenvalue weighted by Crippen LogP contribution is -2.41. The zero-order chi connectivity index (χ0) is 23.2. The van der Waals surface area contributed by atoms with E-state index in [1.165, 1.54) is 0 Å². The Morgan fingerprint density at radius 2 is 2.18 bits per heavy atom. The van der Waals surface area contributed by atoms with E-state index in [2.05, 4.69) is 20.6 Å². The Bertz CT molecular complexity index is 1060. The van der Waals surface area contributed by atoms with Gasteiger partial charge in [0, 0.05) is 35.7 Å². The second kappa shape index (κ2) is 11.0. The molecule has 1 aromatic heterocycles. The summed E-state index contributed by atoms with van der Waals surface area (Å²) in [4.78, 5) is 14.8. The molecule has 2 bridgehead atoms. The first-order valence-corrected chi connectivity index (χ1v) is 11.6. The van der Waals surface area contributed by atoms with Crippen molar-refractivity contribution in [3.8, 4) is 5.75 Å². The fourth-order valence-corrected chi connectivity index (χ4v) is 4.35. The maximum atomic E-state index is 10.1. The van der Waals surface area contributed by atoms with Crippen molar-refractivity contribution in [2.45, 2.75) is 44.4 Å². The van der Waals surface area contributed by atoms with Gasteiger partial charge in [0.25, 0.3) is 0 Å². The predicted octanol–water partition coefficient (Wildman–Crippen LogP) is 3.39. The topological polar surface area (TPSA) is 91.8 Å². The first kappa shape index (κ1) is 23.5. The highest BCUT2D eigenvalue weighted by atomic mass is 35.5. The third-order valence-electron chi connectivity index (χ3n) is 5.86. The van der Waals surface area contributed by atoms with Crippen molar-refractivity contribution in [2.75, 3.05) is 25.3 Å². The molecule has 0 saturated heterocycles. The summed E-state index contributed by atoms with van der Waals surface area (Å²) in [5, 5.41) is 20.3. The number of ether oxygens (including phenoxy) is 1. The predicted molar refractivity (Wildman–Crippen MR) is 130 cm³/mol. The normalized spacial score (nSPS) is 25.6. The van der Waals surface area contributed by atoms with E-state index in [-0.39, 0.29) is 12.1 Å². The standard InChI is InChI=1S/C24H30ClN5O3/c1-16(31)21-4-3-11-33-19-6-7-22-20(13-19)24(29-15-28-22)30(32-2)23-8-5-18(25)12-17(23)14-26-9-10-27-21/h3,6-7,11-16,21,23,26-27,31H,4-5,8-10H2,1-2H3/b11-3-,17-14-. The molecule has 1 aliphatic carbocycles.